The normalized spacial score (nSPS) is 15.7. The number of benzene rings is 1. The standard InChI is InChI=1S/C14H11FN2OS/c1-2-8-17-12-10(15)4-3-5-11(12)19-14(17)16-13(18)9-6-7-9/h1,3-5,9H,6-8H2. The summed E-state index contributed by atoms with van der Waals surface area (Å²) >= 11 is 1.29. The second-order valence-corrected chi connectivity index (χ2v) is 5.49. The van der Waals surface area contributed by atoms with Gasteiger partial charge in [-0.2, -0.15) is 4.99 Å². The molecule has 3 nitrogen and oxygen atoms in total. The molecular weight excluding hydrogens is 263 g/mol. The minimum Gasteiger partial charge on any atom is -0.302 e. The Hall–Kier alpha value is -1.93. The maximum Gasteiger partial charge on any atom is 0.251 e. The van der Waals surface area contributed by atoms with E-state index in [0.717, 1.165) is 17.5 Å². The van der Waals surface area contributed by atoms with E-state index in [1.807, 2.05) is 0 Å². The summed E-state index contributed by atoms with van der Waals surface area (Å²) in [6, 6.07) is 4.83. The minimum absolute atomic E-state index is 0.0503. The van der Waals surface area contributed by atoms with Crippen LogP contribution in [0, 0.1) is 24.1 Å². The lowest BCUT2D eigenvalue weighted by atomic mass is 10.3. The molecule has 1 aliphatic rings. The Kier molecular flexibility index (Phi) is 2.96. The minimum atomic E-state index is -0.343. The maximum absolute atomic E-state index is 13.9. The molecule has 5 heteroatoms. The van der Waals surface area contributed by atoms with Gasteiger partial charge in [-0.25, -0.2) is 4.39 Å². The Labute approximate surface area is 113 Å². The summed E-state index contributed by atoms with van der Waals surface area (Å²) < 4.78 is 16.2. The smallest absolute Gasteiger partial charge is 0.251 e. The molecule has 2 aromatic rings. The van der Waals surface area contributed by atoms with E-state index < -0.39 is 0 Å². The van der Waals surface area contributed by atoms with Crippen molar-refractivity contribution in [2.45, 2.75) is 19.4 Å². The molecule has 1 aromatic heterocycles. The highest BCUT2D eigenvalue weighted by Gasteiger charge is 2.29. The zero-order valence-corrected chi connectivity index (χ0v) is 10.9. The van der Waals surface area contributed by atoms with Crippen LogP contribution >= 0.6 is 11.3 Å². The number of thiazole rings is 1. The van der Waals surface area contributed by atoms with E-state index in [4.69, 9.17) is 6.42 Å². The molecular formula is C14H11FN2OS. The van der Waals surface area contributed by atoms with E-state index >= 15 is 0 Å². The maximum atomic E-state index is 13.9. The van der Waals surface area contributed by atoms with Gasteiger partial charge in [-0.1, -0.05) is 23.3 Å². The topological polar surface area (TPSA) is 34.4 Å². The summed E-state index contributed by atoms with van der Waals surface area (Å²) in [5.74, 6) is 2.06. The lowest BCUT2D eigenvalue weighted by molar-refractivity contribution is -0.119. The van der Waals surface area contributed by atoms with Crippen molar-refractivity contribution in [1.29, 1.82) is 0 Å². The fraction of sp³-hybridized carbons (Fsp3) is 0.286. The molecule has 1 aromatic carbocycles. The molecule has 1 saturated carbocycles. The molecule has 0 unspecified atom stereocenters. The van der Waals surface area contributed by atoms with Crippen LogP contribution in [0.3, 0.4) is 0 Å². The summed E-state index contributed by atoms with van der Waals surface area (Å²) in [6.07, 6.45) is 7.12. The van der Waals surface area contributed by atoms with Gasteiger partial charge in [0.2, 0.25) is 0 Å². The van der Waals surface area contributed by atoms with Crippen molar-refractivity contribution in [3.05, 3.63) is 28.8 Å². The molecule has 1 aliphatic carbocycles. The molecule has 0 bridgehead atoms. The summed E-state index contributed by atoms with van der Waals surface area (Å²) in [4.78, 5) is 16.4. The number of rotatable bonds is 2. The van der Waals surface area contributed by atoms with Gasteiger partial charge in [-0.05, 0) is 25.0 Å². The van der Waals surface area contributed by atoms with Gasteiger partial charge in [0, 0.05) is 5.92 Å². The zero-order valence-electron chi connectivity index (χ0n) is 10.1. The van der Waals surface area contributed by atoms with Crippen LogP contribution < -0.4 is 4.80 Å². The average Bonchev–Trinajstić information content (AvgIpc) is 3.16. The SMILES string of the molecule is C#CCn1c(=NC(=O)C2CC2)sc2cccc(F)c21. The van der Waals surface area contributed by atoms with Gasteiger partial charge in [0.15, 0.2) is 4.80 Å². The second kappa shape index (κ2) is 4.63. The van der Waals surface area contributed by atoms with Gasteiger partial charge in [0.05, 0.1) is 16.8 Å². The highest BCUT2D eigenvalue weighted by atomic mass is 32.1. The molecule has 0 radical (unpaired) electrons. The number of nitrogens with zero attached hydrogens (tertiary/aromatic N) is 2. The highest BCUT2D eigenvalue weighted by Crippen LogP contribution is 2.30. The Morgan fingerprint density at radius 3 is 3.05 bits per heavy atom. The van der Waals surface area contributed by atoms with Gasteiger partial charge in [0.25, 0.3) is 5.91 Å². The van der Waals surface area contributed by atoms with Crippen molar-refractivity contribution in [3.63, 3.8) is 0 Å². The van der Waals surface area contributed by atoms with Crippen LogP contribution in [0.25, 0.3) is 10.2 Å². The van der Waals surface area contributed by atoms with Crippen LogP contribution in [0.15, 0.2) is 23.2 Å². The molecule has 0 saturated heterocycles. The molecule has 1 heterocycles. The molecule has 19 heavy (non-hydrogen) atoms. The van der Waals surface area contributed by atoms with Crippen molar-refractivity contribution < 1.29 is 9.18 Å². The molecule has 0 atom stereocenters. The molecule has 0 spiro atoms. The van der Waals surface area contributed by atoms with E-state index in [1.165, 1.54) is 17.4 Å². The quantitative estimate of drug-likeness (QED) is 0.774. The monoisotopic (exact) mass is 274 g/mol. The van der Waals surface area contributed by atoms with E-state index in [2.05, 4.69) is 10.9 Å². The van der Waals surface area contributed by atoms with Gasteiger partial charge >= 0.3 is 0 Å². The van der Waals surface area contributed by atoms with Crippen molar-refractivity contribution >= 4 is 27.5 Å². The predicted molar refractivity (Wildman–Crippen MR) is 71.9 cm³/mol. The third-order valence-corrected chi connectivity index (χ3v) is 4.08. The Balaban J connectivity index is 2.23. The number of fused-ring (bicyclic) bond motifs is 1. The molecule has 0 aliphatic heterocycles. The molecule has 3 rings (SSSR count). The first-order chi connectivity index (χ1) is 9.20. The van der Waals surface area contributed by atoms with Crippen molar-refractivity contribution in [2.24, 2.45) is 10.9 Å². The number of hydrogen-bond donors (Lipinski definition) is 0. The van der Waals surface area contributed by atoms with Gasteiger partial charge < -0.3 is 4.57 Å². The number of para-hydroxylation sites is 1. The summed E-state index contributed by atoms with van der Waals surface area (Å²) in [7, 11) is 0. The summed E-state index contributed by atoms with van der Waals surface area (Å²) in [5.41, 5.74) is 0.424. The second-order valence-electron chi connectivity index (χ2n) is 4.49. The van der Waals surface area contributed by atoms with Gasteiger partial charge in [-0.15, -0.1) is 6.42 Å². The van der Waals surface area contributed by atoms with Gasteiger partial charge in [0.1, 0.15) is 5.82 Å². The number of carbonyl (C=O) groups is 1. The Morgan fingerprint density at radius 2 is 2.37 bits per heavy atom. The Morgan fingerprint density at radius 1 is 1.58 bits per heavy atom. The number of halogens is 1. The fourth-order valence-electron chi connectivity index (χ4n) is 1.93. The third kappa shape index (κ3) is 2.20. The number of amides is 1. The van der Waals surface area contributed by atoms with Crippen LogP contribution in [-0.2, 0) is 11.3 Å². The summed E-state index contributed by atoms with van der Waals surface area (Å²) in [6.45, 7) is 0.206. The lowest BCUT2D eigenvalue weighted by Gasteiger charge is -2.00. The first kappa shape index (κ1) is 12.1. The Bertz CT molecular complexity index is 762. The van der Waals surface area contributed by atoms with Crippen LogP contribution in [0.4, 0.5) is 4.39 Å². The molecule has 0 N–H and O–H groups in total. The van der Waals surface area contributed by atoms with E-state index in [1.54, 1.807) is 16.7 Å². The molecule has 1 fully saturated rings. The van der Waals surface area contributed by atoms with Crippen molar-refractivity contribution in [3.8, 4) is 12.3 Å². The number of terminal acetylenes is 1. The first-order valence-electron chi connectivity index (χ1n) is 6.00. The van der Waals surface area contributed by atoms with Crippen LogP contribution in [0.5, 0.6) is 0 Å². The number of hydrogen-bond acceptors (Lipinski definition) is 2. The number of aromatic nitrogens is 1. The lowest BCUT2D eigenvalue weighted by Crippen LogP contribution is -2.17. The van der Waals surface area contributed by atoms with Crippen LogP contribution in [0.1, 0.15) is 12.8 Å². The van der Waals surface area contributed by atoms with Crippen molar-refractivity contribution in [1.82, 2.24) is 4.57 Å². The molecule has 1 amide bonds. The zero-order chi connectivity index (χ0) is 13.4. The van der Waals surface area contributed by atoms with E-state index in [-0.39, 0.29) is 24.2 Å². The predicted octanol–water partition coefficient (Wildman–Crippen LogP) is 2.31. The molecule has 96 valence electrons. The van der Waals surface area contributed by atoms with Crippen molar-refractivity contribution in [2.75, 3.05) is 0 Å². The average molecular weight is 274 g/mol. The third-order valence-electron chi connectivity index (χ3n) is 3.03. The van der Waals surface area contributed by atoms with Crippen LogP contribution in [0.2, 0.25) is 0 Å². The largest absolute Gasteiger partial charge is 0.302 e. The van der Waals surface area contributed by atoms with Gasteiger partial charge in [-0.3, -0.25) is 4.79 Å². The summed E-state index contributed by atoms with van der Waals surface area (Å²) in [5, 5.41) is 0. The van der Waals surface area contributed by atoms with E-state index in [0.29, 0.717) is 10.3 Å². The van der Waals surface area contributed by atoms with Crippen LogP contribution in [-0.4, -0.2) is 10.5 Å². The number of carbonyl (C=O) groups excluding carboxylic acids is 1. The highest BCUT2D eigenvalue weighted by molar-refractivity contribution is 7.16. The first-order valence-corrected chi connectivity index (χ1v) is 6.82. The fourth-order valence-corrected chi connectivity index (χ4v) is 2.98. The van der Waals surface area contributed by atoms with E-state index in [9.17, 15) is 9.18 Å².